The second-order valence-electron chi connectivity index (χ2n) is 6.03. The Morgan fingerprint density at radius 3 is 1.68 bits per heavy atom. The van der Waals surface area contributed by atoms with Gasteiger partial charge in [-0.05, 0) is 30.3 Å². The lowest BCUT2D eigenvalue weighted by atomic mass is 10.1. The Kier molecular flexibility index (Phi) is 4.82. The van der Waals surface area contributed by atoms with Crippen LogP contribution in [0.3, 0.4) is 0 Å². The highest BCUT2D eigenvalue weighted by atomic mass is 19.4. The van der Waals surface area contributed by atoms with Crippen molar-refractivity contribution in [3.63, 3.8) is 0 Å². The van der Waals surface area contributed by atoms with Crippen LogP contribution >= 0.6 is 0 Å². The summed E-state index contributed by atoms with van der Waals surface area (Å²) in [6.07, 6.45) is -9.92. The molecular formula is C18H12F6N2O2. The Labute approximate surface area is 154 Å². The number of halogens is 6. The molecule has 4 nitrogen and oxygen atoms in total. The van der Waals surface area contributed by atoms with Crippen LogP contribution < -0.4 is 5.32 Å². The molecule has 0 spiro atoms. The number of anilines is 1. The summed E-state index contributed by atoms with van der Waals surface area (Å²) in [7, 11) is 0. The van der Waals surface area contributed by atoms with Gasteiger partial charge in [0.05, 0.1) is 22.3 Å². The Balaban J connectivity index is 1.75. The minimum Gasteiger partial charge on any atom is -0.383 e. The summed E-state index contributed by atoms with van der Waals surface area (Å²) in [6.45, 7) is -0.436. The summed E-state index contributed by atoms with van der Waals surface area (Å²) in [4.78, 5) is 25.3. The molecule has 1 aliphatic heterocycles. The Morgan fingerprint density at radius 1 is 0.786 bits per heavy atom. The average Bonchev–Trinajstić information content (AvgIpc) is 2.85. The third-order valence-electron chi connectivity index (χ3n) is 4.13. The normalized spacial score (nSPS) is 14.4. The van der Waals surface area contributed by atoms with Crippen molar-refractivity contribution < 1.29 is 35.9 Å². The number of imide groups is 1. The molecule has 0 aromatic heterocycles. The Hall–Kier alpha value is -3.04. The summed E-state index contributed by atoms with van der Waals surface area (Å²) >= 11 is 0. The number of amides is 2. The van der Waals surface area contributed by atoms with E-state index in [-0.39, 0.29) is 30.3 Å². The van der Waals surface area contributed by atoms with Crippen molar-refractivity contribution in [3.05, 3.63) is 64.7 Å². The van der Waals surface area contributed by atoms with Crippen LogP contribution in [0.15, 0.2) is 42.5 Å². The molecule has 2 amide bonds. The van der Waals surface area contributed by atoms with E-state index in [4.69, 9.17) is 0 Å². The maximum atomic E-state index is 12.9. The molecule has 148 valence electrons. The maximum absolute atomic E-state index is 12.9. The molecule has 0 fully saturated rings. The van der Waals surface area contributed by atoms with Crippen LogP contribution in [0.5, 0.6) is 0 Å². The van der Waals surface area contributed by atoms with Crippen molar-refractivity contribution >= 4 is 17.5 Å². The third-order valence-corrected chi connectivity index (χ3v) is 4.13. The topological polar surface area (TPSA) is 49.4 Å². The fourth-order valence-corrected chi connectivity index (χ4v) is 2.81. The molecular weight excluding hydrogens is 390 g/mol. The van der Waals surface area contributed by atoms with Crippen molar-refractivity contribution in [2.45, 2.75) is 12.4 Å². The second-order valence-corrected chi connectivity index (χ2v) is 6.03. The first-order chi connectivity index (χ1) is 13.0. The van der Waals surface area contributed by atoms with Gasteiger partial charge >= 0.3 is 12.4 Å². The van der Waals surface area contributed by atoms with E-state index >= 15 is 0 Å². The molecule has 0 atom stereocenters. The van der Waals surface area contributed by atoms with E-state index < -0.39 is 41.0 Å². The number of alkyl halides is 6. The minimum absolute atomic E-state index is 0.0232. The Bertz CT molecular complexity index is 869. The number of benzene rings is 2. The lowest BCUT2D eigenvalue weighted by Gasteiger charge is -2.17. The number of fused-ring (bicyclic) bond motifs is 1. The molecule has 3 rings (SSSR count). The fraction of sp³-hybridized carbons (Fsp3) is 0.222. The number of hydrogen-bond acceptors (Lipinski definition) is 3. The zero-order chi connectivity index (χ0) is 20.7. The van der Waals surface area contributed by atoms with Crippen LogP contribution in [0.1, 0.15) is 31.8 Å². The zero-order valence-electron chi connectivity index (χ0n) is 14.0. The number of hydrogen-bond donors (Lipinski definition) is 1. The number of carbonyl (C=O) groups is 2. The minimum atomic E-state index is -4.96. The van der Waals surface area contributed by atoms with Crippen LogP contribution in [0.2, 0.25) is 0 Å². The molecule has 0 saturated carbocycles. The highest BCUT2D eigenvalue weighted by molar-refractivity contribution is 6.21. The van der Waals surface area contributed by atoms with Gasteiger partial charge < -0.3 is 5.32 Å². The van der Waals surface area contributed by atoms with Gasteiger partial charge in [0.25, 0.3) is 11.8 Å². The van der Waals surface area contributed by atoms with Crippen LogP contribution in [0.25, 0.3) is 0 Å². The van der Waals surface area contributed by atoms with E-state index in [1.807, 2.05) is 0 Å². The van der Waals surface area contributed by atoms with Crippen molar-refractivity contribution in [1.82, 2.24) is 4.90 Å². The smallest absolute Gasteiger partial charge is 0.383 e. The lowest BCUT2D eigenvalue weighted by molar-refractivity contribution is -0.143. The number of nitrogens with one attached hydrogen (secondary N) is 1. The molecule has 0 radical (unpaired) electrons. The standard InChI is InChI=1S/C18H12F6N2O2/c19-17(20,21)10-7-11(18(22,23)24)9-12(8-10)25-5-6-26-15(27)13-3-1-2-4-14(13)16(26)28/h1-4,7-9,25H,5-6H2. The molecule has 0 bridgehead atoms. The maximum Gasteiger partial charge on any atom is 0.416 e. The Morgan fingerprint density at radius 2 is 1.25 bits per heavy atom. The SMILES string of the molecule is O=C1c2ccccc2C(=O)N1CCNc1cc(C(F)(F)F)cc(C(F)(F)F)c1. The summed E-state index contributed by atoms with van der Waals surface area (Å²) in [5.41, 5.74) is -2.92. The van der Waals surface area contributed by atoms with Gasteiger partial charge in [-0.3, -0.25) is 14.5 Å². The lowest BCUT2D eigenvalue weighted by Crippen LogP contribution is -2.34. The quantitative estimate of drug-likeness (QED) is 0.608. The average molecular weight is 402 g/mol. The van der Waals surface area contributed by atoms with Crippen LogP contribution in [0.4, 0.5) is 32.0 Å². The molecule has 1 aliphatic rings. The number of nitrogens with zero attached hydrogens (tertiary/aromatic N) is 1. The molecule has 2 aromatic rings. The van der Waals surface area contributed by atoms with Gasteiger partial charge in [-0.1, -0.05) is 12.1 Å². The highest BCUT2D eigenvalue weighted by Gasteiger charge is 2.37. The second kappa shape index (κ2) is 6.84. The fourth-order valence-electron chi connectivity index (χ4n) is 2.81. The van der Waals surface area contributed by atoms with Gasteiger partial charge in [0.2, 0.25) is 0 Å². The largest absolute Gasteiger partial charge is 0.416 e. The molecule has 28 heavy (non-hydrogen) atoms. The molecule has 0 aliphatic carbocycles. The molecule has 1 N–H and O–H groups in total. The summed E-state index contributed by atoms with van der Waals surface area (Å²) in [5.74, 6) is -1.13. The molecule has 0 saturated heterocycles. The first-order valence-electron chi connectivity index (χ1n) is 7.97. The third kappa shape index (κ3) is 3.80. The van der Waals surface area contributed by atoms with Crippen molar-refractivity contribution in [1.29, 1.82) is 0 Å². The van der Waals surface area contributed by atoms with Crippen LogP contribution in [0, 0.1) is 0 Å². The molecule has 0 unspecified atom stereocenters. The van der Waals surface area contributed by atoms with E-state index in [2.05, 4.69) is 5.32 Å². The predicted molar refractivity (Wildman–Crippen MR) is 86.7 cm³/mol. The van der Waals surface area contributed by atoms with Gasteiger partial charge in [0, 0.05) is 18.8 Å². The number of carbonyl (C=O) groups excluding carboxylic acids is 2. The van der Waals surface area contributed by atoms with E-state index in [1.54, 1.807) is 12.1 Å². The first kappa shape index (κ1) is 19.7. The van der Waals surface area contributed by atoms with Gasteiger partial charge in [0.15, 0.2) is 0 Å². The molecule has 10 heteroatoms. The summed E-state index contributed by atoms with van der Waals surface area (Å²) in [6, 6.07) is 7.18. The van der Waals surface area contributed by atoms with Crippen LogP contribution in [-0.2, 0) is 12.4 Å². The summed E-state index contributed by atoms with van der Waals surface area (Å²) in [5, 5.41) is 2.42. The van der Waals surface area contributed by atoms with Crippen molar-refractivity contribution in [3.8, 4) is 0 Å². The van der Waals surface area contributed by atoms with Crippen LogP contribution in [-0.4, -0.2) is 29.8 Å². The first-order valence-corrected chi connectivity index (χ1v) is 7.97. The predicted octanol–water partition coefficient (Wildman–Crippen LogP) is 4.43. The van der Waals surface area contributed by atoms with Gasteiger partial charge in [-0.25, -0.2) is 0 Å². The van der Waals surface area contributed by atoms with E-state index in [1.165, 1.54) is 12.1 Å². The highest BCUT2D eigenvalue weighted by Crippen LogP contribution is 2.37. The van der Waals surface area contributed by atoms with E-state index in [0.29, 0.717) is 12.1 Å². The van der Waals surface area contributed by atoms with E-state index in [9.17, 15) is 35.9 Å². The van der Waals surface area contributed by atoms with Crippen molar-refractivity contribution in [2.24, 2.45) is 0 Å². The molecule has 2 aromatic carbocycles. The van der Waals surface area contributed by atoms with Crippen molar-refractivity contribution in [2.75, 3.05) is 18.4 Å². The summed E-state index contributed by atoms with van der Waals surface area (Å²) < 4.78 is 77.2. The molecule has 1 heterocycles. The van der Waals surface area contributed by atoms with Gasteiger partial charge in [0.1, 0.15) is 0 Å². The van der Waals surface area contributed by atoms with Gasteiger partial charge in [-0.2, -0.15) is 26.3 Å². The number of rotatable bonds is 4. The zero-order valence-corrected chi connectivity index (χ0v) is 14.0. The van der Waals surface area contributed by atoms with Gasteiger partial charge in [-0.15, -0.1) is 0 Å². The monoisotopic (exact) mass is 402 g/mol. The van der Waals surface area contributed by atoms with E-state index in [0.717, 1.165) is 4.90 Å².